The molecule has 1 atom stereocenters. The number of anilines is 1. The van der Waals surface area contributed by atoms with Crippen LogP contribution < -0.4 is 10.6 Å². The zero-order chi connectivity index (χ0) is 31.3. The number of carbonyl (C=O) groups is 3. The minimum atomic E-state index is -1.79. The summed E-state index contributed by atoms with van der Waals surface area (Å²) in [6, 6.07) is 9.37. The minimum absolute atomic E-state index is 0.0409. The third-order valence-corrected chi connectivity index (χ3v) is 7.38. The van der Waals surface area contributed by atoms with Gasteiger partial charge in [0.05, 0.1) is 26.9 Å². The number of rotatable bonds is 13. The first-order valence-electron chi connectivity index (χ1n) is 14.1. The van der Waals surface area contributed by atoms with Crippen molar-refractivity contribution in [2.75, 3.05) is 25.5 Å². The number of nitrogens with one attached hydrogen (secondary N) is 2. The maximum absolute atomic E-state index is 15.5. The Morgan fingerprint density at radius 1 is 1.17 bits per heavy atom. The van der Waals surface area contributed by atoms with Gasteiger partial charge in [-0.1, -0.05) is 24.3 Å². The summed E-state index contributed by atoms with van der Waals surface area (Å²) in [5.41, 5.74) is 2.15. The first-order valence-corrected chi connectivity index (χ1v) is 14.1. The van der Waals surface area contributed by atoms with Gasteiger partial charge >= 0.3 is 0 Å². The highest BCUT2D eigenvalue weighted by Crippen LogP contribution is 2.31. The van der Waals surface area contributed by atoms with Crippen LogP contribution in [0.5, 0.6) is 0 Å². The van der Waals surface area contributed by atoms with E-state index in [1.807, 2.05) is 46.8 Å². The van der Waals surface area contributed by atoms with Gasteiger partial charge in [0, 0.05) is 45.3 Å². The molecule has 1 saturated heterocycles. The topological polar surface area (TPSA) is 91.0 Å². The van der Waals surface area contributed by atoms with Gasteiger partial charge in [0.25, 0.3) is 0 Å². The van der Waals surface area contributed by atoms with Gasteiger partial charge < -0.3 is 25.1 Å². The van der Waals surface area contributed by atoms with Crippen molar-refractivity contribution in [2.24, 2.45) is 0 Å². The number of morpholine rings is 1. The fourth-order valence-corrected chi connectivity index (χ4v) is 5.87. The lowest BCUT2D eigenvalue weighted by molar-refractivity contribution is -0.182. The van der Waals surface area contributed by atoms with E-state index in [-0.39, 0.29) is 42.1 Å². The van der Waals surface area contributed by atoms with Crippen molar-refractivity contribution in [3.05, 3.63) is 64.5 Å². The molecule has 1 fully saturated rings. The Labute approximate surface area is 251 Å². The number of carbonyl (C=O) groups excluding carboxylic acids is 3. The predicted molar refractivity (Wildman–Crippen MR) is 164 cm³/mol. The molecule has 3 rings (SSSR count). The summed E-state index contributed by atoms with van der Waals surface area (Å²) in [5, 5.41) is 3.80. The molecule has 0 aliphatic carbocycles. The van der Waals surface area contributed by atoms with Gasteiger partial charge in [-0.05, 0) is 80.8 Å². The van der Waals surface area contributed by atoms with Crippen LogP contribution in [0.4, 0.5) is 10.1 Å². The van der Waals surface area contributed by atoms with Gasteiger partial charge in [-0.25, -0.2) is 4.39 Å². The van der Waals surface area contributed by atoms with Crippen molar-refractivity contribution in [3.63, 3.8) is 0 Å². The van der Waals surface area contributed by atoms with Gasteiger partial charge in [0.1, 0.15) is 18.1 Å². The molecule has 222 valence electrons. The Morgan fingerprint density at radius 2 is 1.83 bits per heavy atom. The van der Waals surface area contributed by atoms with E-state index in [1.165, 1.54) is 18.0 Å². The number of benzene rings is 2. The molecule has 1 heterocycles. The summed E-state index contributed by atoms with van der Waals surface area (Å²) in [6.45, 7) is 12.0. The fraction of sp³-hybridized carbons (Fsp3) is 0.516. The van der Waals surface area contributed by atoms with Gasteiger partial charge in [-0.2, -0.15) is 0 Å². The molecule has 2 aromatic rings. The number of hydrogen-bond acceptors (Lipinski definition) is 6. The van der Waals surface area contributed by atoms with Gasteiger partial charge in [-0.3, -0.25) is 14.5 Å². The highest BCUT2D eigenvalue weighted by atomic mass is 19.1. The van der Waals surface area contributed by atoms with E-state index in [0.717, 1.165) is 11.1 Å². The van der Waals surface area contributed by atoms with Crippen LogP contribution in [-0.4, -0.2) is 81.5 Å². The Morgan fingerprint density at radius 3 is 2.40 bits per heavy atom. The zero-order valence-corrected chi connectivity index (χ0v) is 25.5. The Bertz CT molecular complexity index is 1270. The largest absolute Gasteiger partial charge is 0.392 e. The summed E-state index contributed by atoms with van der Waals surface area (Å²) < 4.78 is 21.7. The number of aryl methyl sites for hydroxylation is 1. The molecular formula is C31H41B2FN4O4. The van der Waals surface area contributed by atoms with Crippen LogP contribution in [-0.2, 0) is 37.5 Å². The molecule has 1 unspecified atom stereocenters. The third kappa shape index (κ3) is 8.44. The maximum atomic E-state index is 15.5. The quantitative estimate of drug-likeness (QED) is 0.283. The highest BCUT2D eigenvalue weighted by Gasteiger charge is 2.38. The van der Waals surface area contributed by atoms with E-state index < -0.39 is 17.2 Å². The minimum Gasteiger partial charge on any atom is -0.392 e. The summed E-state index contributed by atoms with van der Waals surface area (Å²) in [4.78, 5) is 39.1. The molecule has 4 radical (unpaired) electrons. The second-order valence-electron chi connectivity index (χ2n) is 12.3. The Kier molecular flexibility index (Phi) is 10.7. The van der Waals surface area contributed by atoms with Crippen LogP contribution in [0.1, 0.15) is 62.8 Å². The fourth-order valence-electron chi connectivity index (χ4n) is 5.87. The molecule has 42 heavy (non-hydrogen) atoms. The second kappa shape index (κ2) is 13.4. The number of amides is 2. The SMILES string of the molecule is [B]C([B])(Nc1cccc(C)c1CN(C=O)C(CCC=O)C(=O)NC)c1ccc(CN2CC(C)(C)OC(C)(C)C2)cc1F. The molecule has 2 N–H and O–H groups in total. The molecule has 2 amide bonds. The zero-order valence-electron chi connectivity index (χ0n) is 25.5. The van der Waals surface area contributed by atoms with Crippen molar-refractivity contribution < 1.29 is 23.5 Å². The average molecular weight is 574 g/mol. The normalized spacial score (nSPS) is 17.2. The van der Waals surface area contributed by atoms with Crippen molar-refractivity contribution in [3.8, 4) is 0 Å². The lowest BCUT2D eigenvalue weighted by Crippen LogP contribution is -2.56. The van der Waals surface area contributed by atoms with E-state index in [4.69, 9.17) is 20.4 Å². The van der Waals surface area contributed by atoms with Crippen molar-refractivity contribution in [1.29, 1.82) is 0 Å². The summed E-state index contributed by atoms with van der Waals surface area (Å²) in [5.74, 6) is -0.931. The second-order valence-corrected chi connectivity index (χ2v) is 12.3. The highest BCUT2D eigenvalue weighted by molar-refractivity contribution is 6.41. The summed E-state index contributed by atoms with van der Waals surface area (Å²) >= 11 is 0. The lowest BCUT2D eigenvalue weighted by Gasteiger charge is -2.47. The summed E-state index contributed by atoms with van der Waals surface area (Å²) in [7, 11) is 14.4. The van der Waals surface area contributed by atoms with Gasteiger partial charge in [-0.15, -0.1) is 0 Å². The molecule has 1 aliphatic heterocycles. The Balaban J connectivity index is 1.84. The van der Waals surface area contributed by atoms with E-state index in [9.17, 15) is 14.4 Å². The number of halogens is 1. The molecule has 2 aromatic carbocycles. The standard InChI is InChI=1S/C31H41B2FN4O4/c1-21-9-7-10-26(23(21)17-38(20-40)27(11-8-14-39)28(41)35-6)36-31(32,33)24-13-12-22(15-25(24)34)16-37-18-29(2,3)42-30(4,5)19-37/h7,9-10,12-15,20,27,36H,8,11,16-19H2,1-6H3,(H,35,41). The van der Waals surface area contributed by atoms with E-state index in [0.29, 0.717) is 43.6 Å². The van der Waals surface area contributed by atoms with Crippen molar-refractivity contribution in [2.45, 2.75) is 83.1 Å². The van der Waals surface area contributed by atoms with Crippen LogP contribution >= 0.6 is 0 Å². The number of nitrogens with zero attached hydrogens (tertiary/aromatic N) is 2. The molecule has 1 aliphatic rings. The first kappa shape index (κ1) is 33.3. The maximum Gasteiger partial charge on any atom is 0.242 e. The van der Waals surface area contributed by atoms with Crippen LogP contribution in [0.3, 0.4) is 0 Å². The van der Waals surface area contributed by atoms with Crippen molar-refractivity contribution in [1.82, 2.24) is 15.1 Å². The molecular weight excluding hydrogens is 533 g/mol. The predicted octanol–water partition coefficient (Wildman–Crippen LogP) is 3.14. The van der Waals surface area contributed by atoms with E-state index in [2.05, 4.69) is 15.5 Å². The van der Waals surface area contributed by atoms with Crippen LogP contribution in [0.15, 0.2) is 36.4 Å². The monoisotopic (exact) mass is 574 g/mol. The lowest BCUT2D eigenvalue weighted by atomic mass is 9.57. The average Bonchev–Trinajstić information content (AvgIpc) is 2.87. The third-order valence-electron chi connectivity index (χ3n) is 7.38. The number of ether oxygens (including phenoxy) is 1. The number of likely N-dealkylation sites (N-methyl/N-ethyl adjacent to an activating group) is 1. The number of aldehydes is 1. The smallest absolute Gasteiger partial charge is 0.242 e. The molecule has 8 nitrogen and oxygen atoms in total. The van der Waals surface area contributed by atoms with Gasteiger partial charge in [0.15, 0.2) is 0 Å². The van der Waals surface area contributed by atoms with Crippen LogP contribution in [0.2, 0.25) is 0 Å². The van der Waals surface area contributed by atoms with Crippen LogP contribution in [0.25, 0.3) is 0 Å². The van der Waals surface area contributed by atoms with E-state index >= 15 is 4.39 Å². The Hall–Kier alpha value is -3.17. The molecule has 0 spiro atoms. The van der Waals surface area contributed by atoms with Crippen LogP contribution in [0, 0.1) is 12.7 Å². The van der Waals surface area contributed by atoms with Crippen molar-refractivity contribution >= 4 is 40.0 Å². The number of hydrogen-bond donors (Lipinski definition) is 2. The summed E-state index contributed by atoms with van der Waals surface area (Å²) in [6.07, 6.45) is 1.57. The first-order chi connectivity index (χ1) is 19.6. The molecule has 0 aromatic heterocycles. The molecule has 11 heteroatoms. The van der Waals surface area contributed by atoms with E-state index in [1.54, 1.807) is 18.2 Å². The van der Waals surface area contributed by atoms with Gasteiger partial charge in [0.2, 0.25) is 12.3 Å². The molecule has 0 saturated carbocycles. The molecule has 0 bridgehead atoms.